The van der Waals surface area contributed by atoms with Gasteiger partial charge in [-0.15, -0.1) is 10.2 Å². The lowest BCUT2D eigenvalue weighted by Crippen LogP contribution is -2.30. The molecule has 0 aliphatic heterocycles. The lowest BCUT2D eigenvalue weighted by Gasteiger charge is -2.14. The molecule has 0 aliphatic rings. The molecule has 3 heterocycles. The molecule has 1 aromatic carbocycles. The minimum absolute atomic E-state index is 0.0570. The van der Waals surface area contributed by atoms with E-state index >= 15 is 0 Å². The molecule has 4 aromatic rings. The summed E-state index contributed by atoms with van der Waals surface area (Å²) in [5.41, 5.74) is -4.24. The molecule has 0 aliphatic carbocycles. The first-order valence-corrected chi connectivity index (χ1v) is 9.77. The highest BCUT2D eigenvalue weighted by Crippen LogP contribution is 2.23. The number of fused-ring (bicyclic) bond motifs is 1. The second kappa shape index (κ2) is 8.99. The fourth-order valence-corrected chi connectivity index (χ4v) is 3.10. The fraction of sp³-hybridized carbons (Fsp3) is 0.211. The maximum atomic E-state index is 12.5. The number of ether oxygens (including phenoxy) is 1. The average molecular weight is 470 g/mol. The number of aromatic amines is 3. The molecule has 34 heavy (non-hydrogen) atoms. The molecular formula is C19H18N8O7. The zero-order chi connectivity index (χ0) is 24.4. The van der Waals surface area contributed by atoms with Crippen molar-refractivity contribution in [2.45, 2.75) is 12.6 Å². The smallest absolute Gasteiger partial charge is 0.329 e. The maximum Gasteiger partial charge on any atom is 0.329 e. The number of rotatable bonds is 7. The number of nitrogens with zero attached hydrogens (tertiary/aromatic N) is 5. The summed E-state index contributed by atoms with van der Waals surface area (Å²) in [5, 5.41) is 27.7. The van der Waals surface area contributed by atoms with E-state index in [9.17, 15) is 29.4 Å². The van der Waals surface area contributed by atoms with Crippen LogP contribution in [-0.4, -0.2) is 52.0 Å². The molecule has 0 unspecified atom stereocenters. The summed E-state index contributed by atoms with van der Waals surface area (Å²) in [6.45, 7) is -0.392. The number of H-pyrrole nitrogens is 3. The molecule has 15 nitrogen and oxygen atoms in total. The van der Waals surface area contributed by atoms with Crippen molar-refractivity contribution in [1.29, 1.82) is 0 Å². The molecule has 0 spiro atoms. The van der Waals surface area contributed by atoms with Gasteiger partial charge in [0, 0.05) is 7.05 Å². The van der Waals surface area contributed by atoms with Crippen molar-refractivity contribution >= 4 is 22.8 Å². The van der Waals surface area contributed by atoms with Gasteiger partial charge in [-0.05, 0) is 12.1 Å². The fourth-order valence-electron chi connectivity index (χ4n) is 3.10. The molecular weight excluding hydrogens is 452 g/mol. The van der Waals surface area contributed by atoms with Gasteiger partial charge in [0.15, 0.2) is 11.2 Å². The van der Waals surface area contributed by atoms with E-state index in [1.807, 2.05) is 9.97 Å². The number of para-hydroxylation sites is 1. The first kappa shape index (κ1) is 22.4. The van der Waals surface area contributed by atoms with Crippen LogP contribution in [0.1, 0.15) is 0 Å². The quantitative estimate of drug-likeness (QED) is 0.219. The van der Waals surface area contributed by atoms with E-state index in [1.54, 1.807) is 30.3 Å². The Bertz CT molecular complexity index is 1610. The molecule has 176 valence electrons. The van der Waals surface area contributed by atoms with Gasteiger partial charge in [-0.1, -0.05) is 18.2 Å². The Hall–Kier alpha value is -4.79. The van der Waals surface area contributed by atoms with E-state index in [4.69, 9.17) is 4.74 Å². The third kappa shape index (κ3) is 4.40. The van der Waals surface area contributed by atoms with Crippen molar-refractivity contribution in [3.63, 3.8) is 0 Å². The molecule has 0 fully saturated rings. The Labute approximate surface area is 187 Å². The lowest BCUT2D eigenvalue weighted by molar-refractivity contribution is 0.0937. The van der Waals surface area contributed by atoms with Gasteiger partial charge < -0.3 is 14.9 Å². The number of aryl methyl sites for hydroxylation is 1. The van der Waals surface area contributed by atoms with Gasteiger partial charge in [0.2, 0.25) is 11.6 Å². The second-order valence-corrected chi connectivity index (χ2v) is 7.10. The van der Waals surface area contributed by atoms with Crippen molar-refractivity contribution in [2.24, 2.45) is 17.3 Å². The van der Waals surface area contributed by atoms with Crippen LogP contribution in [0.3, 0.4) is 0 Å². The van der Waals surface area contributed by atoms with Crippen LogP contribution in [0.2, 0.25) is 0 Å². The Kier molecular flexibility index (Phi) is 5.92. The summed E-state index contributed by atoms with van der Waals surface area (Å²) in [7, 11) is 1.37. The number of imidazole rings is 1. The summed E-state index contributed by atoms with van der Waals surface area (Å²) < 4.78 is 7.77. The van der Waals surface area contributed by atoms with E-state index in [2.05, 4.69) is 20.2 Å². The Balaban J connectivity index is 1.75. The first-order valence-electron chi connectivity index (χ1n) is 9.77. The van der Waals surface area contributed by atoms with E-state index in [0.717, 1.165) is 4.57 Å². The van der Waals surface area contributed by atoms with E-state index in [0.29, 0.717) is 5.75 Å². The molecule has 0 saturated heterocycles. The zero-order valence-electron chi connectivity index (χ0n) is 17.6. The molecule has 4 rings (SSSR count). The minimum Gasteiger partial charge on any atom is -0.493 e. The van der Waals surface area contributed by atoms with Gasteiger partial charge in [0.25, 0.3) is 17.1 Å². The summed E-state index contributed by atoms with van der Waals surface area (Å²) in [4.78, 5) is 57.7. The number of nitrogens with one attached hydrogen (secondary N) is 3. The van der Waals surface area contributed by atoms with Gasteiger partial charge in [-0.25, -0.2) is 9.59 Å². The van der Waals surface area contributed by atoms with Gasteiger partial charge in [-0.3, -0.25) is 33.7 Å². The molecule has 5 N–H and O–H groups in total. The normalized spacial score (nSPS) is 12.4. The number of aliphatic hydroxyl groups is 1. The van der Waals surface area contributed by atoms with Gasteiger partial charge >= 0.3 is 11.4 Å². The van der Waals surface area contributed by atoms with Crippen LogP contribution in [0.4, 0.5) is 11.6 Å². The summed E-state index contributed by atoms with van der Waals surface area (Å²) in [6, 6.07) is 8.73. The SMILES string of the molecule is Cn1c(=O)[nH]c(=O)c2c1nc(N=Nc1c(O)[nH]c(=O)[nH]c1=O)n2C[C@@H](O)COc1ccccc1. The highest BCUT2D eigenvalue weighted by Gasteiger charge is 2.20. The van der Waals surface area contributed by atoms with Crippen LogP contribution < -0.4 is 27.2 Å². The summed E-state index contributed by atoms with van der Waals surface area (Å²) >= 11 is 0. The Morgan fingerprint density at radius 3 is 2.50 bits per heavy atom. The number of aromatic nitrogens is 6. The third-order valence-corrected chi connectivity index (χ3v) is 4.70. The number of aliphatic hydroxyl groups excluding tert-OH is 1. The van der Waals surface area contributed by atoms with E-state index in [-0.39, 0.29) is 30.3 Å². The topological polar surface area (TPSA) is 213 Å². The maximum absolute atomic E-state index is 12.5. The highest BCUT2D eigenvalue weighted by molar-refractivity contribution is 5.73. The molecule has 0 amide bonds. The van der Waals surface area contributed by atoms with E-state index < -0.39 is 40.2 Å². The van der Waals surface area contributed by atoms with Gasteiger partial charge in [0.05, 0.1) is 6.54 Å². The largest absolute Gasteiger partial charge is 0.493 e. The van der Waals surface area contributed by atoms with Crippen LogP contribution in [0.5, 0.6) is 11.6 Å². The van der Waals surface area contributed by atoms with Crippen LogP contribution in [0, 0.1) is 0 Å². The number of hydrogen-bond acceptors (Lipinski definition) is 10. The monoisotopic (exact) mass is 470 g/mol. The first-order chi connectivity index (χ1) is 16.2. The molecule has 15 heteroatoms. The van der Waals surface area contributed by atoms with Crippen LogP contribution >= 0.6 is 0 Å². The Morgan fingerprint density at radius 2 is 1.79 bits per heavy atom. The summed E-state index contributed by atoms with van der Waals surface area (Å²) in [5.74, 6) is -0.572. The van der Waals surface area contributed by atoms with Crippen molar-refractivity contribution in [3.8, 4) is 11.6 Å². The van der Waals surface area contributed by atoms with Crippen LogP contribution in [0.25, 0.3) is 11.2 Å². The third-order valence-electron chi connectivity index (χ3n) is 4.70. The van der Waals surface area contributed by atoms with Crippen molar-refractivity contribution in [1.82, 2.24) is 29.1 Å². The van der Waals surface area contributed by atoms with Gasteiger partial charge in [0.1, 0.15) is 18.5 Å². The standard InChI is InChI=1S/C19H18N8O7/c1-26-13-12(16(31)23-19(26)33)27(7-9(28)8-34-10-5-3-2-4-6-10)17(20-13)25-24-11-14(29)21-18(32)22-15(11)30/h2-6,9,28H,7-8H2,1H3,(H,23,31,33)(H3,21,22,29,30,32)/t9-/m1/s1. The molecule has 1 atom stereocenters. The van der Waals surface area contributed by atoms with Crippen LogP contribution in [0.15, 0.2) is 59.7 Å². The average Bonchev–Trinajstić information content (AvgIpc) is 3.15. The van der Waals surface area contributed by atoms with E-state index in [1.165, 1.54) is 11.6 Å². The predicted octanol–water partition coefficient (Wildman–Crippen LogP) is -0.639. The molecule has 0 saturated carbocycles. The second-order valence-electron chi connectivity index (χ2n) is 7.10. The zero-order valence-corrected chi connectivity index (χ0v) is 17.6. The lowest BCUT2D eigenvalue weighted by atomic mass is 10.3. The Morgan fingerprint density at radius 1 is 1.06 bits per heavy atom. The van der Waals surface area contributed by atoms with Crippen molar-refractivity contribution < 1.29 is 14.9 Å². The molecule has 0 radical (unpaired) electrons. The predicted molar refractivity (Wildman–Crippen MR) is 117 cm³/mol. The minimum atomic E-state index is -1.15. The summed E-state index contributed by atoms with van der Waals surface area (Å²) in [6.07, 6.45) is -1.15. The number of azo groups is 1. The molecule has 0 bridgehead atoms. The number of benzene rings is 1. The van der Waals surface area contributed by atoms with Gasteiger partial charge in [-0.2, -0.15) is 4.98 Å². The number of hydrogen-bond donors (Lipinski definition) is 5. The highest BCUT2D eigenvalue weighted by atomic mass is 16.5. The van der Waals surface area contributed by atoms with Crippen molar-refractivity contribution in [2.75, 3.05) is 6.61 Å². The number of aromatic hydroxyl groups is 1. The van der Waals surface area contributed by atoms with Crippen molar-refractivity contribution in [3.05, 3.63) is 72.0 Å². The molecule has 3 aromatic heterocycles. The van der Waals surface area contributed by atoms with Crippen LogP contribution in [-0.2, 0) is 13.6 Å².